The second kappa shape index (κ2) is 74.7. The smallest absolute Gasteiger partial charge is 0.462 e. The molecule has 0 aliphatic rings. The predicted octanol–water partition coefficient (Wildman–Crippen LogP) is 24.7. The van der Waals surface area contributed by atoms with Crippen molar-refractivity contribution < 1.29 is 37.6 Å². The fourth-order valence-electron chi connectivity index (χ4n) is 10.0. The number of ether oxygens (including phenoxy) is 2. The highest BCUT2D eigenvalue weighted by molar-refractivity contribution is 7.47. The fourth-order valence-corrected chi connectivity index (χ4v) is 10.8. The molecule has 91 heavy (non-hydrogen) atoms. The van der Waals surface area contributed by atoms with Crippen molar-refractivity contribution in [2.75, 3.05) is 26.4 Å². The number of hydrogen-bond donors (Lipinski definition) is 2. The third-order valence-electron chi connectivity index (χ3n) is 15.4. The maximum atomic E-state index is 12.8. The average molecular weight is 1280 g/mol. The number of unbranched alkanes of at least 4 members (excludes halogenated alkanes) is 29. The van der Waals surface area contributed by atoms with Crippen molar-refractivity contribution in [3.8, 4) is 0 Å². The van der Waals surface area contributed by atoms with Gasteiger partial charge in [-0.2, -0.15) is 0 Å². The molecule has 0 aromatic rings. The molecule has 0 spiro atoms. The molecule has 2 atom stereocenters. The summed E-state index contributed by atoms with van der Waals surface area (Å²) in [6, 6.07) is 0. The van der Waals surface area contributed by atoms with Gasteiger partial charge in [-0.15, -0.1) is 0 Å². The molecule has 3 N–H and O–H groups in total. The van der Waals surface area contributed by atoms with Crippen molar-refractivity contribution in [3.63, 3.8) is 0 Å². The molecule has 0 rings (SSSR count). The molecule has 2 unspecified atom stereocenters. The van der Waals surface area contributed by atoms with E-state index in [9.17, 15) is 19.0 Å². The van der Waals surface area contributed by atoms with Crippen LogP contribution in [0.25, 0.3) is 0 Å². The number of carbonyl (C=O) groups excluding carboxylic acids is 2. The highest BCUT2D eigenvalue weighted by Crippen LogP contribution is 2.43. The average Bonchev–Trinajstić information content (AvgIpc) is 3.74. The normalized spacial score (nSPS) is 13.8. The van der Waals surface area contributed by atoms with Gasteiger partial charge in [-0.25, -0.2) is 4.57 Å². The van der Waals surface area contributed by atoms with Gasteiger partial charge in [0.2, 0.25) is 0 Å². The zero-order valence-corrected chi connectivity index (χ0v) is 59.2. The molecule has 518 valence electrons. The van der Waals surface area contributed by atoms with Crippen molar-refractivity contribution in [2.24, 2.45) is 5.73 Å². The zero-order chi connectivity index (χ0) is 65.8. The van der Waals surface area contributed by atoms with E-state index in [4.69, 9.17) is 24.3 Å². The molecule has 0 aromatic heterocycles. The summed E-state index contributed by atoms with van der Waals surface area (Å²) >= 11 is 0. The molecule has 0 amide bonds. The minimum absolute atomic E-state index is 0.0461. The van der Waals surface area contributed by atoms with Crippen LogP contribution in [-0.4, -0.2) is 49.3 Å². The molecule has 0 bridgehead atoms. The Morgan fingerprint density at radius 1 is 0.330 bits per heavy atom. The van der Waals surface area contributed by atoms with E-state index in [1.165, 1.54) is 148 Å². The number of rotatable bonds is 68. The fraction of sp³-hybridized carbons (Fsp3) is 0.654. The van der Waals surface area contributed by atoms with Gasteiger partial charge in [-0.3, -0.25) is 18.6 Å². The number of carbonyl (C=O) groups is 2. The van der Waals surface area contributed by atoms with Crippen molar-refractivity contribution >= 4 is 19.8 Å². The van der Waals surface area contributed by atoms with Gasteiger partial charge in [0.05, 0.1) is 13.2 Å². The maximum Gasteiger partial charge on any atom is 0.472 e. The van der Waals surface area contributed by atoms with Gasteiger partial charge in [-0.1, -0.05) is 332 Å². The summed E-state index contributed by atoms with van der Waals surface area (Å²) in [4.78, 5) is 35.4. The topological polar surface area (TPSA) is 134 Å². The van der Waals surface area contributed by atoms with Crippen LogP contribution in [0, 0.1) is 0 Å². The van der Waals surface area contributed by atoms with Gasteiger partial charge in [0.15, 0.2) is 6.10 Å². The summed E-state index contributed by atoms with van der Waals surface area (Å²) in [5.41, 5.74) is 5.41. The van der Waals surface area contributed by atoms with Gasteiger partial charge >= 0.3 is 19.8 Å². The van der Waals surface area contributed by atoms with Gasteiger partial charge < -0.3 is 20.1 Å². The molecule has 0 aromatic carbocycles. The molecule has 0 saturated carbocycles. The van der Waals surface area contributed by atoms with Gasteiger partial charge in [-0.05, 0) is 122 Å². The molecule has 0 heterocycles. The number of allylic oxidation sites excluding steroid dienone is 26. The van der Waals surface area contributed by atoms with E-state index in [-0.39, 0.29) is 38.6 Å². The summed E-state index contributed by atoms with van der Waals surface area (Å²) in [5, 5.41) is 0. The lowest BCUT2D eigenvalue weighted by Crippen LogP contribution is -2.29. The first kappa shape index (κ1) is 86.6. The summed E-state index contributed by atoms with van der Waals surface area (Å²) in [5.74, 6) is -0.836. The van der Waals surface area contributed by atoms with Crippen LogP contribution in [0.15, 0.2) is 158 Å². The summed E-state index contributed by atoms with van der Waals surface area (Å²) < 4.78 is 33.2. The molecule has 0 aliphatic heterocycles. The van der Waals surface area contributed by atoms with Crippen LogP contribution in [0.5, 0.6) is 0 Å². The van der Waals surface area contributed by atoms with E-state index in [0.29, 0.717) is 6.42 Å². The predicted molar refractivity (Wildman–Crippen MR) is 394 cm³/mol. The van der Waals surface area contributed by atoms with Crippen LogP contribution in [0.2, 0.25) is 0 Å². The van der Waals surface area contributed by atoms with Crippen molar-refractivity contribution in [2.45, 2.75) is 315 Å². The monoisotopic (exact) mass is 1280 g/mol. The summed E-state index contributed by atoms with van der Waals surface area (Å²) in [7, 11) is -4.41. The van der Waals surface area contributed by atoms with Gasteiger partial charge in [0.1, 0.15) is 6.61 Å². The number of esters is 2. The first-order chi connectivity index (χ1) is 44.8. The molecule has 0 radical (unpaired) electrons. The minimum atomic E-state index is -4.41. The minimum Gasteiger partial charge on any atom is -0.462 e. The zero-order valence-electron chi connectivity index (χ0n) is 58.3. The van der Waals surface area contributed by atoms with Crippen molar-refractivity contribution in [1.29, 1.82) is 0 Å². The molecule has 0 aliphatic carbocycles. The van der Waals surface area contributed by atoms with Crippen LogP contribution >= 0.6 is 7.82 Å². The number of nitrogens with two attached hydrogens (primary N) is 1. The largest absolute Gasteiger partial charge is 0.472 e. The molecule has 0 fully saturated rings. The van der Waals surface area contributed by atoms with Crippen LogP contribution in [0.1, 0.15) is 309 Å². The molecule has 10 heteroatoms. The van der Waals surface area contributed by atoms with Gasteiger partial charge in [0.25, 0.3) is 0 Å². The SMILES string of the molecule is CC/C=C\C/C=C\C/C=C\C/C=C\C/C=C\C/C=C\C/C=C\C/C=C\CCCCCCCCCCC(=O)OC(COC(=O)CCCCCCCCCCCCCCCCCCCCCCC/C=C\C/C=C\C/C=C\C/C=C\C/C=C\CC)COP(=O)(O)OCCN. The summed E-state index contributed by atoms with van der Waals surface area (Å²) in [6.45, 7) is 3.52. The van der Waals surface area contributed by atoms with E-state index < -0.39 is 26.5 Å². The Morgan fingerprint density at radius 3 is 0.846 bits per heavy atom. The standard InChI is InChI=1S/C81H136NO8P/c1-3-5-7-9-11-13-15-17-19-21-23-25-27-29-31-33-35-37-38-39-40-42-43-45-47-49-51-53-55-57-59-61-63-65-67-69-71-73-80(83)87-77-79(78-89-91(85,86)88-76-75-82)90-81(84)74-72-70-68-66-64-62-60-58-56-54-52-50-48-46-44-41-36-34-32-30-28-26-24-22-20-18-16-14-12-10-8-6-4-2/h5-8,11-14,17-20,23-26,29-32,36,41,46,48,52,54,79H,3-4,9-10,15-16,21-22,27-28,33-35,37-40,42-45,47,49-51,53,55-78,82H2,1-2H3,(H,85,86)/b7-5-,8-6-,13-11-,14-12-,19-17-,20-18-,25-23-,26-24-,31-29-,32-30-,41-36-,48-46-,54-52-. The Kier molecular flexibility index (Phi) is 71.1. The lowest BCUT2D eigenvalue weighted by molar-refractivity contribution is -0.161. The van der Waals surface area contributed by atoms with E-state index >= 15 is 0 Å². The first-order valence-electron chi connectivity index (χ1n) is 37.0. The van der Waals surface area contributed by atoms with Crippen LogP contribution < -0.4 is 5.73 Å². The van der Waals surface area contributed by atoms with E-state index in [2.05, 4.69) is 172 Å². The summed E-state index contributed by atoms with van der Waals surface area (Å²) in [6.07, 6.45) is 109. The Balaban J connectivity index is 3.89. The lowest BCUT2D eigenvalue weighted by Gasteiger charge is -2.19. The highest BCUT2D eigenvalue weighted by Gasteiger charge is 2.26. The second-order valence-corrected chi connectivity index (χ2v) is 25.5. The Bertz CT molecular complexity index is 2050. The van der Waals surface area contributed by atoms with Crippen LogP contribution in [-0.2, 0) is 32.7 Å². The first-order valence-corrected chi connectivity index (χ1v) is 38.5. The molecule has 9 nitrogen and oxygen atoms in total. The lowest BCUT2D eigenvalue weighted by atomic mass is 10.0. The van der Waals surface area contributed by atoms with Gasteiger partial charge in [0, 0.05) is 19.4 Å². The Morgan fingerprint density at radius 2 is 0.571 bits per heavy atom. The highest BCUT2D eigenvalue weighted by atomic mass is 31.2. The number of phosphoric ester groups is 1. The van der Waals surface area contributed by atoms with Crippen molar-refractivity contribution in [3.05, 3.63) is 158 Å². The van der Waals surface area contributed by atoms with Crippen LogP contribution in [0.3, 0.4) is 0 Å². The maximum absolute atomic E-state index is 12.8. The molecule has 0 saturated heterocycles. The van der Waals surface area contributed by atoms with E-state index in [1.54, 1.807) is 0 Å². The number of hydrogen-bond acceptors (Lipinski definition) is 8. The second-order valence-electron chi connectivity index (χ2n) is 24.0. The molecular weight excluding hydrogens is 1150 g/mol. The Labute approximate surface area is 559 Å². The third kappa shape index (κ3) is 74.5. The quantitative estimate of drug-likeness (QED) is 0.0264. The van der Waals surface area contributed by atoms with Crippen LogP contribution in [0.4, 0.5) is 0 Å². The number of phosphoric acid groups is 1. The molecular formula is C81H136NO8P. The third-order valence-corrected chi connectivity index (χ3v) is 16.4. The van der Waals surface area contributed by atoms with Crippen molar-refractivity contribution in [1.82, 2.24) is 0 Å². The van der Waals surface area contributed by atoms with E-state index in [0.717, 1.165) is 128 Å². The van der Waals surface area contributed by atoms with E-state index in [1.807, 2.05) is 0 Å². The Hall–Kier alpha value is -4.37.